The Labute approximate surface area is 302 Å². The molecule has 0 aliphatic heterocycles. The number of hydrogen-bond donors (Lipinski definition) is 3. The number of hydrogen-bond acceptors (Lipinski definition) is 7. The fraction of sp³-hybridized carbons (Fsp3) is 0.463. The number of benzene rings is 3. The first-order valence-corrected chi connectivity index (χ1v) is 17.7. The van der Waals surface area contributed by atoms with Gasteiger partial charge in [-0.2, -0.15) is 0 Å². The molecule has 3 atom stereocenters. The van der Waals surface area contributed by atoms with Crippen molar-refractivity contribution in [2.24, 2.45) is 0 Å². The molecule has 0 aliphatic carbocycles. The van der Waals surface area contributed by atoms with Crippen LogP contribution < -0.4 is 10.6 Å². The average Bonchev–Trinajstić information content (AvgIpc) is 3.04. The molecule has 10 heteroatoms. The molecule has 3 unspecified atom stereocenters. The van der Waals surface area contributed by atoms with E-state index in [1.807, 2.05) is 56.3 Å². The molecule has 276 valence electrons. The molecular weight excluding hydrogens is 646 g/mol. The Morgan fingerprint density at radius 3 is 1.86 bits per heavy atom. The van der Waals surface area contributed by atoms with Crippen molar-refractivity contribution in [1.29, 1.82) is 0 Å². The van der Waals surface area contributed by atoms with Gasteiger partial charge in [0.25, 0.3) is 0 Å². The molecule has 0 bridgehead atoms. The maximum Gasteiger partial charge on any atom is 0.408 e. The highest BCUT2D eigenvalue weighted by atomic mass is 16.6. The minimum absolute atomic E-state index is 0.0640. The van der Waals surface area contributed by atoms with Crippen LogP contribution in [0.25, 0.3) is 0 Å². The number of esters is 1. The predicted molar refractivity (Wildman–Crippen MR) is 198 cm³/mol. The monoisotopic (exact) mass is 701 g/mol. The summed E-state index contributed by atoms with van der Waals surface area (Å²) in [5.41, 5.74) is 1.40. The average molecular weight is 702 g/mol. The molecule has 0 radical (unpaired) electrons. The molecule has 0 aromatic heterocycles. The number of phenols is 1. The second-order valence-electron chi connectivity index (χ2n) is 14.9. The largest absolute Gasteiger partial charge is 0.508 e. The predicted octanol–water partition coefficient (Wildman–Crippen LogP) is 6.97. The van der Waals surface area contributed by atoms with Gasteiger partial charge in [0.15, 0.2) is 0 Å². The first-order chi connectivity index (χ1) is 24.0. The van der Waals surface area contributed by atoms with E-state index < -0.39 is 53.2 Å². The summed E-state index contributed by atoms with van der Waals surface area (Å²) in [4.78, 5) is 57.7. The van der Waals surface area contributed by atoms with E-state index in [0.717, 1.165) is 24.0 Å². The van der Waals surface area contributed by atoms with E-state index in [-0.39, 0.29) is 25.1 Å². The van der Waals surface area contributed by atoms with Crippen LogP contribution >= 0.6 is 0 Å². The van der Waals surface area contributed by atoms with Gasteiger partial charge in [-0.1, -0.05) is 92.1 Å². The van der Waals surface area contributed by atoms with E-state index >= 15 is 0 Å². The molecule has 0 spiro atoms. The SMILES string of the molecule is CCCCCN(C(=O)C(Cc1ccc(O)cc1)NC(=O)OC(C)(C)C)C(C(=O)NC(Cc1ccccc1)C(=O)OC(C)(C)C)c1ccc(C)cc1. The van der Waals surface area contributed by atoms with Gasteiger partial charge in [0.2, 0.25) is 11.8 Å². The fourth-order valence-corrected chi connectivity index (χ4v) is 5.50. The van der Waals surface area contributed by atoms with E-state index in [0.29, 0.717) is 17.5 Å². The van der Waals surface area contributed by atoms with E-state index in [1.165, 1.54) is 17.0 Å². The summed E-state index contributed by atoms with van der Waals surface area (Å²) in [6.45, 7) is 14.7. The number of aryl methyl sites for hydroxylation is 1. The molecule has 3 amide bonds. The van der Waals surface area contributed by atoms with Gasteiger partial charge >= 0.3 is 12.1 Å². The Morgan fingerprint density at radius 2 is 1.29 bits per heavy atom. The zero-order chi connectivity index (χ0) is 37.8. The van der Waals surface area contributed by atoms with Crippen molar-refractivity contribution in [3.05, 3.63) is 101 Å². The second-order valence-corrected chi connectivity index (χ2v) is 14.9. The number of carbonyl (C=O) groups is 4. The van der Waals surface area contributed by atoms with Crippen molar-refractivity contribution in [3.8, 4) is 5.75 Å². The van der Waals surface area contributed by atoms with Gasteiger partial charge in [0.1, 0.15) is 35.1 Å². The molecule has 3 N–H and O–H groups in total. The highest BCUT2D eigenvalue weighted by Crippen LogP contribution is 2.26. The Balaban J connectivity index is 2.11. The van der Waals surface area contributed by atoms with Crippen LogP contribution in [-0.2, 0) is 36.7 Å². The maximum atomic E-state index is 14.8. The number of phenolic OH excluding ortho intramolecular Hbond substituents is 1. The van der Waals surface area contributed by atoms with Crippen molar-refractivity contribution in [2.75, 3.05) is 6.54 Å². The van der Waals surface area contributed by atoms with Crippen molar-refractivity contribution in [2.45, 2.75) is 117 Å². The van der Waals surface area contributed by atoms with Gasteiger partial charge in [-0.3, -0.25) is 9.59 Å². The number of carbonyl (C=O) groups excluding carboxylic acids is 4. The Kier molecular flexibility index (Phi) is 14.6. The molecule has 3 rings (SSSR count). The van der Waals surface area contributed by atoms with Crippen LogP contribution in [0.15, 0.2) is 78.9 Å². The molecular formula is C41H55N3O7. The number of nitrogens with one attached hydrogen (secondary N) is 2. The van der Waals surface area contributed by atoms with Crippen molar-refractivity contribution in [3.63, 3.8) is 0 Å². The molecule has 0 saturated heterocycles. The third kappa shape index (κ3) is 13.8. The second kappa shape index (κ2) is 18.4. The molecule has 51 heavy (non-hydrogen) atoms. The topological polar surface area (TPSA) is 134 Å². The van der Waals surface area contributed by atoms with Gasteiger partial charge in [-0.05, 0) is 83.7 Å². The maximum absolute atomic E-state index is 14.8. The van der Waals surface area contributed by atoms with Crippen LogP contribution in [0.2, 0.25) is 0 Å². The Morgan fingerprint density at radius 1 is 0.725 bits per heavy atom. The van der Waals surface area contributed by atoms with Crippen LogP contribution in [0, 0.1) is 6.92 Å². The first-order valence-electron chi connectivity index (χ1n) is 17.7. The number of amides is 3. The zero-order valence-corrected chi connectivity index (χ0v) is 31.3. The van der Waals surface area contributed by atoms with Gasteiger partial charge in [0, 0.05) is 19.4 Å². The summed E-state index contributed by atoms with van der Waals surface area (Å²) >= 11 is 0. The first kappa shape index (κ1) is 40.6. The van der Waals surface area contributed by atoms with Crippen molar-refractivity contribution < 1.29 is 33.8 Å². The Bertz CT molecular complexity index is 1580. The molecule has 3 aromatic rings. The minimum Gasteiger partial charge on any atom is -0.508 e. The molecule has 0 heterocycles. The highest BCUT2D eigenvalue weighted by Gasteiger charge is 2.38. The van der Waals surface area contributed by atoms with Gasteiger partial charge in [-0.15, -0.1) is 0 Å². The fourth-order valence-electron chi connectivity index (χ4n) is 5.50. The lowest BCUT2D eigenvalue weighted by molar-refractivity contribution is -0.159. The standard InChI is InChI=1S/C41H55N3O7/c1-9-10-14-25-44(37(47)33(43-39(49)51-41(6,7)8)26-30-19-23-32(45)24-20-30)35(31-21-17-28(2)18-22-31)36(46)42-34(38(48)50-40(3,4)5)27-29-15-12-11-13-16-29/h11-13,15-24,33-35,45H,9-10,14,25-27H2,1-8H3,(H,42,46)(H,43,49). The molecule has 0 saturated carbocycles. The summed E-state index contributed by atoms with van der Waals surface area (Å²) in [5, 5.41) is 15.6. The summed E-state index contributed by atoms with van der Waals surface area (Å²) < 4.78 is 11.3. The summed E-state index contributed by atoms with van der Waals surface area (Å²) in [6, 6.07) is 19.7. The lowest BCUT2D eigenvalue weighted by atomic mass is 9.98. The van der Waals surface area contributed by atoms with Crippen LogP contribution in [0.5, 0.6) is 5.75 Å². The van der Waals surface area contributed by atoms with Gasteiger partial charge in [0.05, 0.1) is 0 Å². The number of aromatic hydroxyl groups is 1. The Hall–Kier alpha value is -4.86. The van der Waals surface area contributed by atoms with Crippen molar-refractivity contribution in [1.82, 2.24) is 15.5 Å². The molecule has 3 aromatic carbocycles. The van der Waals surface area contributed by atoms with Crippen LogP contribution in [0.3, 0.4) is 0 Å². The number of ether oxygens (including phenoxy) is 2. The third-order valence-electron chi connectivity index (χ3n) is 7.89. The van der Waals surface area contributed by atoms with Crippen LogP contribution in [-0.4, -0.2) is 63.7 Å². The summed E-state index contributed by atoms with van der Waals surface area (Å²) in [6.07, 6.45) is 1.72. The van der Waals surface area contributed by atoms with E-state index in [4.69, 9.17) is 9.47 Å². The van der Waals surface area contributed by atoms with Gasteiger partial charge in [-0.25, -0.2) is 9.59 Å². The van der Waals surface area contributed by atoms with E-state index in [1.54, 1.807) is 65.8 Å². The quantitative estimate of drug-likeness (QED) is 0.115. The molecule has 0 aliphatic rings. The van der Waals surface area contributed by atoms with E-state index in [2.05, 4.69) is 10.6 Å². The smallest absolute Gasteiger partial charge is 0.408 e. The van der Waals surface area contributed by atoms with Crippen molar-refractivity contribution >= 4 is 23.9 Å². The van der Waals surface area contributed by atoms with E-state index in [9.17, 15) is 24.3 Å². The van der Waals surface area contributed by atoms with Crippen LogP contribution in [0.4, 0.5) is 4.79 Å². The van der Waals surface area contributed by atoms with Gasteiger partial charge < -0.3 is 30.1 Å². The lowest BCUT2D eigenvalue weighted by Gasteiger charge is -2.35. The highest BCUT2D eigenvalue weighted by molar-refractivity contribution is 5.94. The molecule has 0 fully saturated rings. The lowest BCUT2D eigenvalue weighted by Crippen LogP contribution is -2.55. The molecule has 10 nitrogen and oxygen atoms in total. The number of nitrogens with zero attached hydrogens (tertiary/aromatic N) is 1. The zero-order valence-electron chi connectivity index (χ0n) is 31.3. The van der Waals surface area contributed by atoms with Crippen LogP contribution in [0.1, 0.15) is 96.0 Å². The summed E-state index contributed by atoms with van der Waals surface area (Å²) in [7, 11) is 0. The normalized spacial score (nSPS) is 13.3. The number of unbranched alkanes of at least 4 members (excludes halogenated alkanes) is 2. The number of alkyl carbamates (subject to hydrolysis) is 1. The number of rotatable bonds is 15. The summed E-state index contributed by atoms with van der Waals surface area (Å²) in [5.74, 6) is -1.59. The third-order valence-corrected chi connectivity index (χ3v) is 7.89. The minimum atomic E-state index is -1.15.